The molecule has 0 spiro atoms. The Balaban J connectivity index is 1.56. The molecule has 1 aliphatic rings. The molecule has 1 aliphatic carbocycles. The van der Waals surface area contributed by atoms with Gasteiger partial charge in [-0.25, -0.2) is 13.4 Å². The zero-order valence-corrected chi connectivity index (χ0v) is 21.6. The maximum atomic E-state index is 13.2. The van der Waals surface area contributed by atoms with Gasteiger partial charge in [0.1, 0.15) is 5.82 Å². The minimum Gasteiger partial charge on any atom is -0.346 e. The standard InChI is InChI=1S/C27H35N5O3S/c1-18-25(21-12-14-23(15-13-21)32-36(2,34)35)31-26(29-18)24(16-19-6-4-3-5-7-19)30-27(33)22-10-8-20(17-28)9-11-22/h3-7,12-15,20,22,24,32H,8-11,16-17,28H2,1-2H3,(H,29,31)(H,30,33)/t20-,22-,24-/m0/s1. The van der Waals surface area contributed by atoms with E-state index in [1.807, 2.05) is 37.3 Å². The Hall–Kier alpha value is -3.17. The van der Waals surface area contributed by atoms with Crippen molar-refractivity contribution in [3.8, 4) is 11.3 Å². The fourth-order valence-corrected chi connectivity index (χ4v) is 5.42. The molecule has 1 heterocycles. The topological polar surface area (TPSA) is 130 Å². The zero-order chi connectivity index (χ0) is 25.7. The van der Waals surface area contributed by atoms with Crippen molar-refractivity contribution in [1.82, 2.24) is 15.3 Å². The number of benzene rings is 2. The first-order chi connectivity index (χ1) is 17.2. The molecule has 1 saturated carbocycles. The fraction of sp³-hybridized carbons (Fsp3) is 0.407. The van der Waals surface area contributed by atoms with Crippen molar-refractivity contribution in [2.24, 2.45) is 17.6 Å². The number of rotatable bonds is 9. The Morgan fingerprint density at radius 1 is 1.08 bits per heavy atom. The Morgan fingerprint density at radius 2 is 1.75 bits per heavy atom. The first-order valence-corrected chi connectivity index (χ1v) is 14.3. The normalized spacial score (nSPS) is 19.0. The summed E-state index contributed by atoms with van der Waals surface area (Å²) >= 11 is 0. The van der Waals surface area contributed by atoms with Gasteiger partial charge in [0.2, 0.25) is 15.9 Å². The van der Waals surface area contributed by atoms with E-state index < -0.39 is 10.0 Å². The van der Waals surface area contributed by atoms with Gasteiger partial charge in [-0.05, 0) is 69.2 Å². The monoisotopic (exact) mass is 509 g/mol. The quantitative estimate of drug-likeness (QED) is 0.347. The maximum absolute atomic E-state index is 13.2. The minimum absolute atomic E-state index is 0.00325. The number of nitrogens with zero attached hydrogens (tertiary/aromatic N) is 1. The second-order valence-corrected chi connectivity index (χ2v) is 11.5. The lowest BCUT2D eigenvalue weighted by Crippen LogP contribution is -2.37. The smallest absolute Gasteiger partial charge is 0.229 e. The second kappa shape index (κ2) is 11.3. The molecule has 1 fully saturated rings. The van der Waals surface area contributed by atoms with Crippen LogP contribution in [0.2, 0.25) is 0 Å². The first kappa shape index (κ1) is 25.9. The van der Waals surface area contributed by atoms with E-state index in [9.17, 15) is 13.2 Å². The number of anilines is 1. The number of sulfonamides is 1. The number of aromatic nitrogens is 2. The van der Waals surface area contributed by atoms with Crippen LogP contribution in [0.25, 0.3) is 11.3 Å². The molecule has 0 unspecified atom stereocenters. The van der Waals surface area contributed by atoms with Crippen LogP contribution in [0.3, 0.4) is 0 Å². The number of imidazole rings is 1. The molecule has 36 heavy (non-hydrogen) atoms. The van der Waals surface area contributed by atoms with Gasteiger partial charge in [-0.2, -0.15) is 0 Å². The Labute approximate surface area is 213 Å². The van der Waals surface area contributed by atoms with E-state index in [1.165, 1.54) is 0 Å². The highest BCUT2D eigenvalue weighted by atomic mass is 32.2. The highest BCUT2D eigenvalue weighted by molar-refractivity contribution is 7.92. The maximum Gasteiger partial charge on any atom is 0.229 e. The number of carbonyl (C=O) groups excluding carboxylic acids is 1. The molecular formula is C27H35N5O3S. The van der Waals surface area contributed by atoms with Crippen molar-refractivity contribution in [2.45, 2.75) is 45.1 Å². The predicted molar refractivity (Wildman–Crippen MR) is 143 cm³/mol. The lowest BCUT2D eigenvalue weighted by Gasteiger charge is -2.28. The van der Waals surface area contributed by atoms with Crippen LogP contribution < -0.4 is 15.8 Å². The number of nitrogens with one attached hydrogen (secondary N) is 3. The van der Waals surface area contributed by atoms with Crippen molar-refractivity contribution in [3.63, 3.8) is 0 Å². The number of aryl methyl sites for hydroxylation is 1. The highest BCUT2D eigenvalue weighted by Gasteiger charge is 2.28. The summed E-state index contributed by atoms with van der Waals surface area (Å²) in [7, 11) is -3.34. The summed E-state index contributed by atoms with van der Waals surface area (Å²) in [5.41, 5.74) is 9.94. The van der Waals surface area contributed by atoms with Crippen LogP contribution in [0, 0.1) is 18.8 Å². The minimum atomic E-state index is -3.34. The number of hydrogen-bond acceptors (Lipinski definition) is 5. The number of nitrogens with two attached hydrogens (primary N) is 1. The average Bonchev–Trinajstić information content (AvgIpc) is 3.25. The number of hydrogen-bond donors (Lipinski definition) is 4. The molecule has 192 valence electrons. The summed E-state index contributed by atoms with van der Waals surface area (Å²) in [5, 5.41) is 3.27. The molecule has 3 aromatic rings. The van der Waals surface area contributed by atoms with E-state index >= 15 is 0 Å². The van der Waals surface area contributed by atoms with E-state index in [0.29, 0.717) is 30.4 Å². The molecule has 2 aromatic carbocycles. The third-order valence-electron chi connectivity index (χ3n) is 6.84. The van der Waals surface area contributed by atoms with Crippen LogP contribution in [0.4, 0.5) is 5.69 Å². The third kappa shape index (κ3) is 6.73. The van der Waals surface area contributed by atoms with E-state index in [0.717, 1.165) is 54.5 Å². The van der Waals surface area contributed by atoms with Gasteiger partial charge in [0.05, 0.1) is 18.0 Å². The van der Waals surface area contributed by atoms with Gasteiger partial charge >= 0.3 is 0 Å². The largest absolute Gasteiger partial charge is 0.346 e. The number of aromatic amines is 1. The van der Waals surface area contributed by atoms with Crippen LogP contribution in [0.15, 0.2) is 54.6 Å². The third-order valence-corrected chi connectivity index (χ3v) is 7.45. The molecular weight excluding hydrogens is 474 g/mol. The number of amides is 1. The predicted octanol–water partition coefficient (Wildman–Crippen LogP) is 3.92. The second-order valence-electron chi connectivity index (χ2n) is 9.75. The number of H-pyrrole nitrogens is 1. The molecule has 0 aliphatic heterocycles. The van der Waals surface area contributed by atoms with Crippen molar-refractivity contribution in [1.29, 1.82) is 0 Å². The van der Waals surface area contributed by atoms with Crippen LogP contribution in [-0.4, -0.2) is 37.1 Å². The van der Waals surface area contributed by atoms with Crippen molar-refractivity contribution in [3.05, 3.63) is 71.7 Å². The molecule has 9 heteroatoms. The van der Waals surface area contributed by atoms with Crippen LogP contribution >= 0.6 is 0 Å². The molecule has 8 nitrogen and oxygen atoms in total. The van der Waals surface area contributed by atoms with Gasteiger partial charge in [0, 0.05) is 22.9 Å². The van der Waals surface area contributed by atoms with Gasteiger partial charge in [0.25, 0.3) is 0 Å². The fourth-order valence-electron chi connectivity index (χ4n) is 4.86. The molecule has 0 bridgehead atoms. The van der Waals surface area contributed by atoms with Crippen LogP contribution in [-0.2, 0) is 21.2 Å². The SMILES string of the molecule is Cc1[nH]c([C@H](Cc2ccccc2)NC(=O)[C@H]2CC[C@H](CN)CC2)nc1-c1ccc(NS(C)(=O)=O)cc1. The average molecular weight is 510 g/mol. The van der Waals surface area contributed by atoms with Gasteiger partial charge in [-0.3, -0.25) is 9.52 Å². The van der Waals surface area contributed by atoms with Crippen molar-refractivity contribution >= 4 is 21.6 Å². The van der Waals surface area contributed by atoms with Crippen LogP contribution in [0.5, 0.6) is 0 Å². The van der Waals surface area contributed by atoms with Crippen molar-refractivity contribution in [2.75, 3.05) is 17.5 Å². The highest BCUT2D eigenvalue weighted by Crippen LogP contribution is 2.30. The van der Waals surface area contributed by atoms with Crippen molar-refractivity contribution < 1.29 is 13.2 Å². The van der Waals surface area contributed by atoms with Gasteiger partial charge in [-0.1, -0.05) is 42.5 Å². The summed E-state index contributed by atoms with van der Waals surface area (Å²) in [6, 6.07) is 16.9. The molecule has 1 atom stereocenters. The molecule has 0 saturated heterocycles. The summed E-state index contributed by atoms with van der Waals surface area (Å²) in [5.74, 6) is 1.28. The molecule has 5 N–H and O–H groups in total. The molecule has 1 amide bonds. The summed E-state index contributed by atoms with van der Waals surface area (Å²) < 4.78 is 25.5. The first-order valence-electron chi connectivity index (χ1n) is 12.4. The van der Waals surface area contributed by atoms with Gasteiger partial charge in [-0.15, -0.1) is 0 Å². The Bertz CT molecular complexity index is 1260. The van der Waals surface area contributed by atoms with Gasteiger partial charge < -0.3 is 16.0 Å². The zero-order valence-electron chi connectivity index (χ0n) is 20.8. The van der Waals surface area contributed by atoms with Gasteiger partial charge in [0.15, 0.2) is 0 Å². The lowest BCUT2D eigenvalue weighted by atomic mass is 9.81. The van der Waals surface area contributed by atoms with E-state index in [1.54, 1.807) is 12.1 Å². The van der Waals surface area contributed by atoms with E-state index in [-0.39, 0.29) is 17.9 Å². The lowest BCUT2D eigenvalue weighted by molar-refractivity contribution is -0.127. The Morgan fingerprint density at radius 3 is 2.36 bits per heavy atom. The molecule has 0 radical (unpaired) electrons. The van der Waals surface area contributed by atoms with E-state index in [2.05, 4.69) is 27.2 Å². The summed E-state index contributed by atoms with van der Waals surface area (Å²) in [4.78, 5) is 21.5. The summed E-state index contributed by atoms with van der Waals surface area (Å²) in [6.45, 7) is 2.63. The molecule has 1 aromatic heterocycles. The van der Waals surface area contributed by atoms with E-state index in [4.69, 9.17) is 10.7 Å². The number of carbonyl (C=O) groups is 1. The molecule has 4 rings (SSSR count). The summed E-state index contributed by atoms with van der Waals surface area (Å²) in [6.07, 6.45) is 5.45. The Kier molecular flexibility index (Phi) is 8.11. The van der Waals surface area contributed by atoms with Crippen LogP contribution in [0.1, 0.15) is 48.8 Å².